The number of rotatable bonds is 3. The molecule has 0 atom stereocenters. The summed E-state index contributed by atoms with van der Waals surface area (Å²) in [5, 5.41) is 0.534. The number of nitrogens with zero attached hydrogens (tertiary/aromatic N) is 1. The Morgan fingerprint density at radius 3 is 2.39 bits per heavy atom. The van der Waals surface area contributed by atoms with E-state index >= 15 is 0 Å². The Hall–Kier alpha value is -1.20. The monoisotopic (exact) mass is 325 g/mol. The van der Waals surface area contributed by atoms with Gasteiger partial charge in [0.05, 0.1) is 15.5 Å². The number of pyridine rings is 1. The Morgan fingerprint density at radius 1 is 1.11 bits per heavy atom. The van der Waals surface area contributed by atoms with Crippen LogP contribution in [0, 0.1) is 6.92 Å². The molecule has 0 saturated carbocycles. The number of hydrogen-bond donors (Lipinski definition) is 0. The average Bonchev–Trinajstić information content (AvgIpc) is 2.39. The van der Waals surface area contributed by atoms with E-state index in [2.05, 4.69) is 20.9 Å². The molecule has 0 bridgehead atoms. The molecule has 3 nitrogen and oxygen atoms in total. The van der Waals surface area contributed by atoms with Gasteiger partial charge in [-0.15, -0.1) is 0 Å². The first-order valence-corrected chi connectivity index (χ1v) is 7.98. The van der Waals surface area contributed by atoms with Crippen LogP contribution in [0.1, 0.15) is 11.4 Å². The summed E-state index contributed by atoms with van der Waals surface area (Å²) in [5.41, 5.74) is 1.41. The van der Waals surface area contributed by atoms with E-state index in [9.17, 15) is 8.42 Å². The molecule has 0 aliphatic heterocycles. The second-order valence-corrected chi connectivity index (χ2v) is 6.40. The van der Waals surface area contributed by atoms with E-state index in [4.69, 9.17) is 0 Å². The van der Waals surface area contributed by atoms with Gasteiger partial charge in [0.15, 0.2) is 0 Å². The predicted molar refractivity (Wildman–Crippen MR) is 73.5 cm³/mol. The van der Waals surface area contributed by atoms with Gasteiger partial charge in [-0.2, -0.15) is 0 Å². The van der Waals surface area contributed by atoms with Crippen molar-refractivity contribution in [2.75, 3.05) is 0 Å². The Bertz CT molecular complexity index is 654. The Kier molecular flexibility index (Phi) is 3.82. The topological polar surface area (TPSA) is 47.0 Å². The van der Waals surface area contributed by atoms with E-state index in [1.807, 2.05) is 0 Å². The molecule has 18 heavy (non-hydrogen) atoms. The molecule has 2 rings (SSSR count). The highest BCUT2D eigenvalue weighted by molar-refractivity contribution is 9.08. The predicted octanol–water partition coefficient (Wildman–Crippen LogP) is 3.12. The van der Waals surface area contributed by atoms with Gasteiger partial charge < -0.3 is 0 Å². The van der Waals surface area contributed by atoms with Gasteiger partial charge in [-0.05, 0) is 31.2 Å². The molecule has 0 amide bonds. The number of halogens is 1. The summed E-state index contributed by atoms with van der Waals surface area (Å²) in [6, 6.07) is 11.6. The van der Waals surface area contributed by atoms with Crippen molar-refractivity contribution in [2.24, 2.45) is 0 Å². The lowest BCUT2D eigenvalue weighted by Crippen LogP contribution is -2.04. The first-order chi connectivity index (χ1) is 8.54. The molecule has 0 saturated heterocycles. The number of alkyl halides is 1. The maximum atomic E-state index is 12.4. The lowest BCUT2D eigenvalue weighted by molar-refractivity contribution is 0.595. The third kappa shape index (κ3) is 2.62. The fraction of sp³-hybridized carbons (Fsp3) is 0.154. The second-order valence-electron chi connectivity index (χ2n) is 3.89. The fourth-order valence-electron chi connectivity index (χ4n) is 1.66. The van der Waals surface area contributed by atoms with Crippen LogP contribution in [-0.2, 0) is 15.2 Å². The van der Waals surface area contributed by atoms with Crippen molar-refractivity contribution in [3.05, 3.63) is 53.9 Å². The summed E-state index contributed by atoms with van der Waals surface area (Å²) in [4.78, 5) is 4.84. The molecule has 5 heteroatoms. The molecule has 0 spiro atoms. The van der Waals surface area contributed by atoms with Crippen molar-refractivity contribution in [3.8, 4) is 0 Å². The molecule has 0 aliphatic rings. The molecule has 0 aliphatic carbocycles. The highest BCUT2D eigenvalue weighted by Gasteiger charge is 2.18. The van der Waals surface area contributed by atoms with Crippen LogP contribution < -0.4 is 0 Å². The lowest BCUT2D eigenvalue weighted by atomic mass is 10.3. The first-order valence-electron chi connectivity index (χ1n) is 5.37. The van der Waals surface area contributed by atoms with Crippen LogP contribution in [0.5, 0.6) is 0 Å². The van der Waals surface area contributed by atoms with Crippen LogP contribution >= 0.6 is 15.9 Å². The number of aryl methyl sites for hydroxylation is 1. The number of sulfone groups is 1. The van der Waals surface area contributed by atoms with Gasteiger partial charge in [-0.3, -0.25) is 4.98 Å². The van der Waals surface area contributed by atoms with Crippen molar-refractivity contribution in [1.82, 2.24) is 4.98 Å². The SMILES string of the molecule is Cc1cc(S(=O)(=O)c2ccccc2)cc(CBr)n1. The third-order valence-electron chi connectivity index (χ3n) is 2.48. The van der Waals surface area contributed by atoms with Gasteiger partial charge in [-0.25, -0.2) is 8.42 Å². The van der Waals surface area contributed by atoms with Crippen LogP contribution in [0.15, 0.2) is 52.3 Å². The van der Waals surface area contributed by atoms with Gasteiger partial charge >= 0.3 is 0 Å². The molecule has 1 aromatic carbocycles. The Morgan fingerprint density at radius 2 is 1.78 bits per heavy atom. The molecule has 0 radical (unpaired) electrons. The van der Waals surface area contributed by atoms with Crippen molar-refractivity contribution in [2.45, 2.75) is 22.0 Å². The molecular weight excluding hydrogens is 314 g/mol. The molecule has 1 heterocycles. The van der Waals surface area contributed by atoms with Crippen LogP contribution in [0.2, 0.25) is 0 Å². The number of aromatic nitrogens is 1. The van der Waals surface area contributed by atoms with Crippen molar-refractivity contribution < 1.29 is 8.42 Å². The zero-order chi connectivity index (χ0) is 13.2. The first kappa shape index (κ1) is 13.2. The van der Waals surface area contributed by atoms with Crippen LogP contribution in [0.25, 0.3) is 0 Å². The second kappa shape index (κ2) is 5.20. The van der Waals surface area contributed by atoms with Gasteiger partial charge in [0, 0.05) is 11.0 Å². The fourth-order valence-corrected chi connectivity index (χ4v) is 3.35. The molecule has 0 fully saturated rings. The minimum absolute atomic E-state index is 0.288. The molecule has 0 N–H and O–H groups in total. The lowest BCUT2D eigenvalue weighted by Gasteiger charge is -2.07. The minimum Gasteiger partial charge on any atom is -0.257 e. The highest BCUT2D eigenvalue weighted by Crippen LogP contribution is 2.22. The van der Waals surface area contributed by atoms with E-state index in [0.717, 1.165) is 0 Å². The van der Waals surface area contributed by atoms with E-state index in [1.54, 1.807) is 49.4 Å². The van der Waals surface area contributed by atoms with E-state index < -0.39 is 9.84 Å². The van der Waals surface area contributed by atoms with E-state index in [-0.39, 0.29) is 4.90 Å². The zero-order valence-corrected chi connectivity index (χ0v) is 12.2. The summed E-state index contributed by atoms with van der Waals surface area (Å²) in [6.07, 6.45) is 0. The molecular formula is C13H12BrNO2S. The normalized spacial score (nSPS) is 11.4. The van der Waals surface area contributed by atoms with Crippen molar-refractivity contribution >= 4 is 25.8 Å². The molecule has 2 aromatic rings. The smallest absolute Gasteiger partial charge is 0.206 e. The summed E-state index contributed by atoms with van der Waals surface area (Å²) in [6.45, 7) is 1.79. The van der Waals surface area contributed by atoms with Crippen molar-refractivity contribution in [3.63, 3.8) is 0 Å². The standard InChI is InChI=1S/C13H12BrNO2S/c1-10-7-13(8-11(9-14)15-10)18(16,17)12-5-3-2-4-6-12/h2-8H,9H2,1H3. The van der Waals surface area contributed by atoms with Crippen LogP contribution in [-0.4, -0.2) is 13.4 Å². The molecule has 0 unspecified atom stereocenters. The molecule has 94 valence electrons. The summed E-state index contributed by atoms with van der Waals surface area (Å²) in [7, 11) is -3.45. The van der Waals surface area contributed by atoms with Crippen molar-refractivity contribution in [1.29, 1.82) is 0 Å². The average molecular weight is 326 g/mol. The zero-order valence-electron chi connectivity index (χ0n) is 9.80. The van der Waals surface area contributed by atoms with Gasteiger partial charge in [0.2, 0.25) is 9.84 Å². The van der Waals surface area contributed by atoms with Crippen LogP contribution in [0.3, 0.4) is 0 Å². The van der Waals surface area contributed by atoms with E-state index in [1.165, 1.54) is 0 Å². The summed E-state index contributed by atoms with van der Waals surface area (Å²) >= 11 is 3.29. The summed E-state index contributed by atoms with van der Waals surface area (Å²) in [5.74, 6) is 0. The minimum atomic E-state index is -3.45. The van der Waals surface area contributed by atoms with Gasteiger partial charge in [-0.1, -0.05) is 34.1 Å². The Labute approximate surface area is 115 Å². The highest BCUT2D eigenvalue weighted by atomic mass is 79.9. The molecule has 1 aromatic heterocycles. The quantitative estimate of drug-likeness (QED) is 0.814. The Balaban J connectivity index is 2.58. The van der Waals surface area contributed by atoms with Crippen LogP contribution in [0.4, 0.5) is 0 Å². The number of benzene rings is 1. The maximum absolute atomic E-state index is 12.4. The van der Waals surface area contributed by atoms with Gasteiger partial charge in [0.1, 0.15) is 0 Å². The maximum Gasteiger partial charge on any atom is 0.206 e. The van der Waals surface area contributed by atoms with E-state index in [0.29, 0.717) is 21.6 Å². The largest absolute Gasteiger partial charge is 0.257 e. The number of hydrogen-bond acceptors (Lipinski definition) is 3. The third-order valence-corrected chi connectivity index (χ3v) is 4.80. The van der Waals surface area contributed by atoms with Gasteiger partial charge in [0.25, 0.3) is 0 Å². The summed E-state index contributed by atoms with van der Waals surface area (Å²) < 4.78 is 24.8.